The second-order valence-electron chi connectivity index (χ2n) is 5.13. The molecule has 0 spiro atoms. The monoisotopic (exact) mass is 195 g/mol. The van der Waals surface area contributed by atoms with Crippen molar-refractivity contribution in [2.45, 2.75) is 13.3 Å². The van der Waals surface area contributed by atoms with Gasteiger partial charge in [0.05, 0.1) is 27.7 Å². The van der Waals surface area contributed by atoms with Crippen molar-refractivity contribution in [1.29, 1.82) is 0 Å². The first-order valence-corrected chi connectivity index (χ1v) is 5.37. The van der Waals surface area contributed by atoms with E-state index in [1.807, 2.05) is 0 Å². The number of rotatable bonds is 4. The third-order valence-electron chi connectivity index (χ3n) is 2.47. The maximum Gasteiger partial charge on any atom is 0.0797 e. The van der Waals surface area contributed by atoms with Crippen molar-refractivity contribution < 1.29 is 4.48 Å². The molecule has 2 heteroatoms. The highest BCUT2D eigenvalue weighted by molar-refractivity contribution is 5.19. The predicted molar refractivity (Wildman–Crippen MR) is 62.0 cm³/mol. The molecule has 0 aliphatic carbocycles. The first-order chi connectivity index (χ1) is 6.47. The Hall–Kier alpha value is -0.760. The van der Waals surface area contributed by atoms with Crippen LogP contribution in [0.3, 0.4) is 0 Å². The maximum atomic E-state index is 2.38. The molecule has 0 aromatic rings. The van der Waals surface area contributed by atoms with Gasteiger partial charge in [0.2, 0.25) is 0 Å². The van der Waals surface area contributed by atoms with Crippen LogP contribution in [-0.4, -0.2) is 50.2 Å². The highest BCUT2D eigenvalue weighted by Crippen LogP contribution is 2.06. The number of nitrogens with zero attached hydrogens (tertiary/aromatic N) is 2. The molecule has 80 valence electrons. The first-order valence-electron chi connectivity index (χ1n) is 5.37. The van der Waals surface area contributed by atoms with Crippen molar-refractivity contribution in [2.24, 2.45) is 0 Å². The molecule has 2 nitrogen and oxygen atoms in total. The lowest BCUT2D eigenvalue weighted by Gasteiger charge is -2.27. The van der Waals surface area contributed by atoms with Gasteiger partial charge in [-0.1, -0.05) is 11.6 Å². The second kappa shape index (κ2) is 4.65. The molecule has 0 aromatic heterocycles. The molecule has 0 saturated heterocycles. The van der Waals surface area contributed by atoms with Gasteiger partial charge in [-0.05, 0) is 19.2 Å². The van der Waals surface area contributed by atoms with E-state index in [9.17, 15) is 0 Å². The van der Waals surface area contributed by atoms with E-state index in [1.54, 1.807) is 0 Å². The van der Waals surface area contributed by atoms with Crippen molar-refractivity contribution in [1.82, 2.24) is 4.90 Å². The lowest BCUT2D eigenvalue weighted by atomic mass is 10.2. The average molecular weight is 195 g/mol. The second-order valence-corrected chi connectivity index (χ2v) is 5.13. The molecule has 0 amide bonds. The Morgan fingerprint density at radius 1 is 1.36 bits per heavy atom. The summed E-state index contributed by atoms with van der Waals surface area (Å²) in [6.45, 7) is 5.65. The van der Waals surface area contributed by atoms with Crippen molar-refractivity contribution in [3.05, 3.63) is 23.9 Å². The molecule has 0 bridgehead atoms. The zero-order valence-corrected chi connectivity index (χ0v) is 9.95. The highest BCUT2D eigenvalue weighted by Gasteiger charge is 2.08. The molecule has 1 aliphatic rings. The minimum Gasteiger partial charge on any atom is -0.373 e. The van der Waals surface area contributed by atoms with E-state index >= 15 is 0 Å². The molecule has 0 N–H and O–H groups in total. The zero-order chi connectivity index (χ0) is 10.6. The lowest BCUT2D eigenvalue weighted by molar-refractivity contribution is -0.870. The third-order valence-corrected chi connectivity index (χ3v) is 2.47. The summed E-state index contributed by atoms with van der Waals surface area (Å²) in [5, 5.41) is 0. The smallest absolute Gasteiger partial charge is 0.0797 e. The summed E-state index contributed by atoms with van der Waals surface area (Å²) in [5.74, 6) is 0. The summed E-state index contributed by atoms with van der Waals surface area (Å²) >= 11 is 0. The van der Waals surface area contributed by atoms with E-state index in [2.05, 4.69) is 51.3 Å². The van der Waals surface area contributed by atoms with Crippen LogP contribution in [-0.2, 0) is 0 Å². The fourth-order valence-corrected chi connectivity index (χ4v) is 1.53. The van der Waals surface area contributed by atoms with E-state index in [4.69, 9.17) is 0 Å². The number of allylic oxidation sites excluding steroid dienone is 2. The van der Waals surface area contributed by atoms with Gasteiger partial charge in [0, 0.05) is 19.5 Å². The molecule has 0 radical (unpaired) electrons. The highest BCUT2D eigenvalue weighted by atomic mass is 15.3. The molecule has 0 atom stereocenters. The van der Waals surface area contributed by atoms with Crippen LogP contribution in [0.5, 0.6) is 0 Å². The van der Waals surface area contributed by atoms with Gasteiger partial charge in [0.15, 0.2) is 0 Å². The Bertz CT molecular complexity index is 233. The van der Waals surface area contributed by atoms with Gasteiger partial charge in [-0.2, -0.15) is 0 Å². The van der Waals surface area contributed by atoms with Crippen molar-refractivity contribution >= 4 is 0 Å². The molecule has 0 aromatic carbocycles. The first kappa shape index (κ1) is 11.3. The van der Waals surface area contributed by atoms with Gasteiger partial charge in [0.25, 0.3) is 0 Å². The van der Waals surface area contributed by atoms with Gasteiger partial charge < -0.3 is 9.38 Å². The Balaban J connectivity index is 2.18. The van der Waals surface area contributed by atoms with Gasteiger partial charge >= 0.3 is 0 Å². The van der Waals surface area contributed by atoms with Crippen molar-refractivity contribution in [3.8, 4) is 0 Å². The molecule has 14 heavy (non-hydrogen) atoms. The van der Waals surface area contributed by atoms with E-state index < -0.39 is 0 Å². The van der Waals surface area contributed by atoms with Crippen LogP contribution in [0.25, 0.3) is 0 Å². The number of quaternary nitrogens is 1. The Kier molecular flexibility index (Phi) is 3.76. The van der Waals surface area contributed by atoms with E-state index in [1.165, 1.54) is 25.1 Å². The van der Waals surface area contributed by atoms with Crippen LogP contribution in [0, 0.1) is 0 Å². The van der Waals surface area contributed by atoms with Crippen molar-refractivity contribution in [2.75, 3.05) is 40.8 Å². The van der Waals surface area contributed by atoms with Gasteiger partial charge in [-0.15, -0.1) is 0 Å². The number of hydrogen-bond donors (Lipinski definition) is 0. The van der Waals surface area contributed by atoms with Gasteiger partial charge in [-0.3, -0.25) is 0 Å². The lowest BCUT2D eigenvalue weighted by Crippen LogP contribution is -2.37. The van der Waals surface area contributed by atoms with Gasteiger partial charge in [-0.25, -0.2) is 0 Å². The van der Waals surface area contributed by atoms with Crippen LogP contribution in [0.1, 0.15) is 13.3 Å². The summed E-state index contributed by atoms with van der Waals surface area (Å²) in [7, 11) is 6.74. The molecule has 1 heterocycles. The third kappa shape index (κ3) is 4.47. The summed E-state index contributed by atoms with van der Waals surface area (Å²) in [6.07, 6.45) is 7.95. The summed E-state index contributed by atoms with van der Waals surface area (Å²) in [6, 6.07) is 0. The minimum atomic E-state index is 1.06. The predicted octanol–water partition coefficient (Wildman–Crippen LogP) is 1.86. The van der Waals surface area contributed by atoms with Gasteiger partial charge in [0.1, 0.15) is 0 Å². The van der Waals surface area contributed by atoms with Crippen LogP contribution < -0.4 is 0 Å². The Labute approximate surface area is 88.1 Å². The normalized spacial score (nSPS) is 17.1. The number of hydrogen-bond acceptors (Lipinski definition) is 1. The average Bonchev–Trinajstić information content (AvgIpc) is 2.06. The molecular weight excluding hydrogens is 172 g/mol. The standard InChI is InChI=1S/C12H23N2/c1-12-6-9-13(10-7-12)8-5-11-14(2,3)4/h6-7,9H,5,8,10-11H2,1-4H3/q+1. The molecule has 0 saturated carbocycles. The fourth-order valence-electron chi connectivity index (χ4n) is 1.53. The molecule has 0 fully saturated rings. The Morgan fingerprint density at radius 2 is 2.07 bits per heavy atom. The zero-order valence-electron chi connectivity index (χ0n) is 9.95. The minimum absolute atomic E-state index is 1.06. The largest absolute Gasteiger partial charge is 0.373 e. The van der Waals surface area contributed by atoms with E-state index in [-0.39, 0.29) is 0 Å². The van der Waals surface area contributed by atoms with Crippen LogP contribution in [0.15, 0.2) is 23.9 Å². The Morgan fingerprint density at radius 3 is 2.57 bits per heavy atom. The summed E-state index contributed by atoms with van der Waals surface area (Å²) in [4.78, 5) is 2.38. The topological polar surface area (TPSA) is 3.24 Å². The van der Waals surface area contributed by atoms with E-state index in [0.29, 0.717) is 0 Å². The summed E-state index contributed by atoms with van der Waals surface area (Å²) in [5.41, 5.74) is 1.38. The van der Waals surface area contributed by atoms with E-state index in [0.717, 1.165) is 11.0 Å². The quantitative estimate of drug-likeness (QED) is 0.619. The molecular formula is C12H23N2+. The van der Waals surface area contributed by atoms with Crippen LogP contribution >= 0.6 is 0 Å². The summed E-state index contributed by atoms with van der Waals surface area (Å²) < 4.78 is 1.06. The van der Waals surface area contributed by atoms with Crippen molar-refractivity contribution in [3.63, 3.8) is 0 Å². The molecule has 1 rings (SSSR count). The fraction of sp³-hybridized carbons (Fsp3) is 0.667. The molecule has 0 unspecified atom stereocenters. The maximum absolute atomic E-state index is 2.38. The SMILES string of the molecule is CC1=CCN(CCC[N+](C)(C)C)C=C1. The van der Waals surface area contributed by atoms with Crippen LogP contribution in [0.2, 0.25) is 0 Å². The van der Waals surface area contributed by atoms with Crippen LogP contribution in [0.4, 0.5) is 0 Å². The molecule has 1 aliphatic heterocycles.